The van der Waals surface area contributed by atoms with Crippen LogP contribution in [-0.2, 0) is 11.3 Å². The third-order valence-corrected chi connectivity index (χ3v) is 9.82. The molecule has 5 nitrogen and oxygen atoms in total. The third-order valence-electron chi connectivity index (χ3n) is 4.85. The number of hydrogen-bond acceptors (Lipinski definition) is 3. The van der Waals surface area contributed by atoms with Crippen LogP contribution in [0.3, 0.4) is 0 Å². The number of nitrogens with zero attached hydrogens (tertiary/aromatic N) is 3. The van der Waals surface area contributed by atoms with E-state index in [9.17, 15) is 0 Å². The van der Waals surface area contributed by atoms with E-state index >= 15 is 0 Å². The molecule has 0 radical (unpaired) electrons. The van der Waals surface area contributed by atoms with E-state index in [4.69, 9.17) is 21.7 Å². The van der Waals surface area contributed by atoms with E-state index < -0.39 is 7.21 Å². The molecule has 1 aromatic heterocycles. The second kappa shape index (κ2) is 9.27. The number of morpholine rings is 1. The first kappa shape index (κ1) is 21.1. The second-order valence-corrected chi connectivity index (χ2v) is 12.0. The zero-order valence-corrected chi connectivity index (χ0v) is 18.5. The van der Waals surface area contributed by atoms with E-state index in [0.717, 1.165) is 31.9 Å². The molecule has 28 heavy (non-hydrogen) atoms. The van der Waals surface area contributed by atoms with Gasteiger partial charge in [-0.3, -0.25) is 9.65 Å². The zero-order chi connectivity index (χ0) is 20.0. The highest BCUT2D eigenvalue weighted by atomic mass is 32.1. The lowest BCUT2D eigenvalue weighted by Gasteiger charge is -2.46. The van der Waals surface area contributed by atoms with Gasteiger partial charge in [-0.1, -0.05) is 57.2 Å². The Kier molecular flexibility index (Phi) is 7.00. The molecule has 7 heteroatoms. The van der Waals surface area contributed by atoms with E-state index in [0.29, 0.717) is 11.7 Å². The number of aromatic nitrogens is 1. The smallest absolute Gasteiger partial charge is 0.193 e. The van der Waals surface area contributed by atoms with Crippen molar-refractivity contribution in [3.8, 4) is 0 Å². The standard InChI is InChI=1S/C21H29N4OPS/c1-21(2,3)27(19-9-5-4-6-10-19,25-12-14-26-15-13-25)24-20(28)23-17-18-8-7-11-22-16-18/h4-11,16H,12-15,17H2,1-3H3,(H,23,28)/t27-/m1/s1. The Morgan fingerprint density at radius 1 is 1.18 bits per heavy atom. The molecular weight excluding hydrogens is 387 g/mol. The molecule has 150 valence electrons. The molecule has 1 atom stereocenters. The third kappa shape index (κ3) is 4.69. The van der Waals surface area contributed by atoms with Gasteiger partial charge in [-0.2, -0.15) is 0 Å². The van der Waals surface area contributed by atoms with Gasteiger partial charge < -0.3 is 10.1 Å². The average Bonchev–Trinajstić information content (AvgIpc) is 2.71. The van der Waals surface area contributed by atoms with E-state index in [2.05, 4.69) is 66.1 Å². The van der Waals surface area contributed by atoms with E-state index in [-0.39, 0.29) is 5.16 Å². The Bertz CT molecular complexity index is 830. The summed E-state index contributed by atoms with van der Waals surface area (Å²) in [7, 11) is -2.13. The number of rotatable bonds is 4. The summed E-state index contributed by atoms with van der Waals surface area (Å²) < 4.78 is 13.4. The molecular formula is C21H29N4OPS. The molecule has 1 N–H and O–H groups in total. The van der Waals surface area contributed by atoms with Gasteiger partial charge in [0.15, 0.2) is 5.11 Å². The average molecular weight is 417 g/mol. The maximum atomic E-state index is 5.71. The minimum Gasteiger partial charge on any atom is -0.379 e. The van der Waals surface area contributed by atoms with Crippen molar-refractivity contribution in [2.24, 2.45) is 4.74 Å². The molecule has 0 saturated carbocycles. The first-order valence-electron chi connectivity index (χ1n) is 9.61. The number of ether oxygens (including phenoxy) is 1. The lowest BCUT2D eigenvalue weighted by atomic mass is 10.3. The van der Waals surface area contributed by atoms with Gasteiger partial charge in [0.1, 0.15) is 0 Å². The first-order chi connectivity index (χ1) is 13.4. The quantitative estimate of drug-likeness (QED) is 0.602. The zero-order valence-electron chi connectivity index (χ0n) is 16.8. The fraction of sp³-hybridized carbons (Fsp3) is 0.429. The first-order valence-corrected chi connectivity index (χ1v) is 11.7. The lowest BCUT2D eigenvalue weighted by molar-refractivity contribution is 0.0738. The predicted octanol–water partition coefficient (Wildman–Crippen LogP) is 4.03. The molecule has 1 fully saturated rings. The van der Waals surface area contributed by atoms with Gasteiger partial charge in [0.25, 0.3) is 0 Å². The number of hydrogen-bond donors (Lipinski definition) is 1. The number of nitrogens with one attached hydrogen (secondary N) is 1. The molecule has 0 amide bonds. The van der Waals surface area contributed by atoms with Crippen molar-refractivity contribution in [3.05, 3.63) is 60.4 Å². The van der Waals surface area contributed by atoms with Gasteiger partial charge in [0, 0.05) is 42.5 Å². The van der Waals surface area contributed by atoms with Crippen molar-refractivity contribution in [3.63, 3.8) is 0 Å². The summed E-state index contributed by atoms with van der Waals surface area (Å²) >= 11 is 5.71. The molecule has 0 spiro atoms. The fourth-order valence-electron chi connectivity index (χ4n) is 3.57. The van der Waals surface area contributed by atoms with Crippen molar-refractivity contribution in [2.45, 2.75) is 32.5 Å². The highest BCUT2D eigenvalue weighted by molar-refractivity contribution is 7.81. The minimum atomic E-state index is -2.13. The summed E-state index contributed by atoms with van der Waals surface area (Å²) in [5, 5.41) is 5.08. The Morgan fingerprint density at radius 2 is 1.89 bits per heavy atom. The van der Waals surface area contributed by atoms with Crippen LogP contribution in [0.15, 0.2) is 59.6 Å². The summed E-state index contributed by atoms with van der Waals surface area (Å²) in [5.41, 5.74) is 1.09. The molecule has 1 aliphatic heterocycles. The van der Waals surface area contributed by atoms with Gasteiger partial charge in [0.2, 0.25) is 0 Å². The Hall–Kier alpha value is -1.59. The SMILES string of the molecule is CC(C)(C)[P@@](=NC(=S)NCc1cccnc1)(c1ccccc1)N1CCOCC1. The molecule has 0 aliphatic carbocycles. The molecule has 2 heterocycles. The van der Waals surface area contributed by atoms with Crippen molar-refractivity contribution >= 4 is 29.8 Å². The minimum absolute atomic E-state index is 0.0638. The van der Waals surface area contributed by atoms with Crippen LogP contribution in [0.1, 0.15) is 26.3 Å². The van der Waals surface area contributed by atoms with Crippen molar-refractivity contribution < 1.29 is 4.74 Å². The summed E-state index contributed by atoms with van der Waals surface area (Å²) in [5.74, 6) is 0. The molecule has 0 bridgehead atoms. The lowest BCUT2D eigenvalue weighted by Crippen LogP contribution is -2.43. The van der Waals surface area contributed by atoms with Crippen LogP contribution in [0.4, 0.5) is 0 Å². The van der Waals surface area contributed by atoms with Crippen LogP contribution in [0, 0.1) is 0 Å². The van der Waals surface area contributed by atoms with E-state index in [1.54, 1.807) is 6.20 Å². The van der Waals surface area contributed by atoms with Crippen LogP contribution < -0.4 is 10.6 Å². The highest BCUT2D eigenvalue weighted by Gasteiger charge is 2.41. The maximum absolute atomic E-state index is 5.71. The summed E-state index contributed by atoms with van der Waals surface area (Å²) in [6, 6.07) is 14.6. The Morgan fingerprint density at radius 3 is 2.50 bits per heavy atom. The van der Waals surface area contributed by atoms with Crippen LogP contribution in [0.5, 0.6) is 0 Å². The van der Waals surface area contributed by atoms with Gasteiger partial charge in [0.05, 0.1) is 20.4 Å². The molecule has 1 saturated heterocycles. The maximum Gasteiger partial charge on any atom is 0.193 e. The van der Waals surface area contributed by atoms with Crippen molar-refractivity contribution in [1.82, 2.24) is 15.0 Å². The van der Waals surface area contributed by atoms with Gasteiger partial charge >= 0.3 is 0 Å². The number of thiocarbonyl (C=S) groups is 1. The van der Waals surface area contributed by atoms with Crippen molar-refractivity contribution in [1.29, 1.82) is 0 Å². The van der Waals surface area contributed by atoms with Crippen LogP contribution in [0.2, 0.25) is 0 Å². The van der Waals surface area contributed by atoms with E-state index in [1.165, 1.54) is 5.30 Å². The molecule has 3 rings (SSSR count). The normalized spacial score (nSPS) is 17.5. The summed E-state index contributed by atoms with van der Waals surface area (Å²) in [4.78, 5) is 4.17. The molecule has 0 unspecified atom stereocenters. The molecule has 1 aromatic carbocycles. The summed E-state index contributed by atoms with van der Waals surface area (Å²) in [6.45, 7) is 10.6. The fourth-order valence-corrected chi connectivity index (χ4v) is 8.15. The van der Waals surface area contributed by atoms with E-state index in [1.807, 2.05) is 18.3 Å². The molecule has 1 aliphatic rings. The Labute approximate surface area is 173 Å². The van der Waals surface area contributed by atoms with Crippen LogP contribution in [-0.4, -0.2) is 46.2 Å². The van der Waals surface area contributed by atoms with Crippen molar-refractivity contribution in [2.75, 3.05) is 26.3 Å². The van der Waals surface area contributed by atoms with Gasteiger partial charge in [-0.05, 0) is 23.8 Å². The monoisotopic (exact) mass is 416 g/mol. The van der Waals surface area contributed by atoms with Gasteiger partial charge in [-0.15, -0.1) is 0 Å². The van der Waals surface area contributed by atoms with Crippen LogP contribution in [0.25, 0.3) is 0 Å². The summed E-state index contributed by atoms with van der Waals surface area (Å²) in [6.07, 6.45) is 3.62. The van der Waals surface area contributed by atoms with Gasteiger partial charge in [-0.25, -0.2) is 4.74 Å². The Balaban J connectivity index is 2.01. The highest BCUT2D eigenvalue weighted by Crippen LogP contribution is 2.62. The van der Waals surface area contributed by atoms with Crippen LogP contribution >= 0.6 is 19.4 Å². The topological polar surface area (TPSA) is 49.8 Å². The second-order valence-electron chi connectivity index (χ2n) is 7.79. The molecule has 2 aromatic rings. The number of pyridine rings is 1. The number of benzene rings is 1. The largest absolute Gasteiger partial charge is 0.379 e. The predicted molar refractivity (Wildman–Crippen MR) is 121 cm³/mol.